The van der Waals surface area contributed by atoms with E-state index >= 15 is 0 Å². The topological polar surface area (TPSA) is 57.6 Å². The first-order valence-electron chi connectivity index (χ1n) is 8.33. The molecule has 4 nitrogen and oxygen atoms in total. The van der Waals surface area contributed by atoms with Crippen molar-refractivity contribution in [3.05, 3.63) is 96.1 Å². The number of hydrogen-bond donors (Lipinski definition) is 1. The van der Waals surface area contributed by atoms with Gasteiger partial charge in [-0.3, -0.25) is 4.79 Å². The van der Waals surface area contributed by atoms with Crippen LogP contribution < -0.4 is 0 Å². The zero-order chi connectivity index (χ0) is 18.4. The summed E-state index contributed by atoms with van der Waals surface area (Å²) in [6.07, 6.45) is 1.98. The second-order valence-corrected chi connectivity index (χ2v) is 6.03. The third-order valence-corrected chi connectivity index (χ3v) is 4.08. The lowest BCUT2D eigenvalue weighted by Gasteiger charge is -2.22. The van der Waals surface area contributed by atoms with E-state index in [1.165, 1.54) is 0 Å². The quantitative estimate of drug-likeness (QED) is 0.687. The molecule has 0 unspecified atom stereocenters. The minimum Gasteiger partial charge on any atom is -0.478 e. The van der Waals surface area contributed by atoms with Gasteiger partial charge in [-0.1, -0.05) is 66.7 Å². The van der Waals surface area contributed by atoms with Crippen molar-refractivity contribution < 1.29 is 14.7 Å². The van der Waals surface area contributed by atoms with E-state index in [4.69, 9.17) is 5.11 Å². The molecule has 4 heteroatoms. The van der Waals surface area contributed by atoms with Crippen LogP contribution in [0.25, 0.3) is 10.8 Å². The zero-order valence-corrected chi connectivity index (χ0v) is 14.2. The molecule has 3 rings (SSSR count). The molecule has 3 aromatic rings. The van der Waals surface area contributed by atoms with Gasteiger partial charge in [0.1, 0.15) is 0 Å². The summed E-state index contributed by atoms with van der Waals surface area (Å²) in [5.74, 6) is -1.46. The highest BCUT2D eigenvalue weighted by Crippen LogP contribution is 2.18. The van der Waals surface area contributed by atoms with E-state index in [0.29, 0.717) is 13.1 Å². The Morgan fingerprint density at radius 1 is 0.769 bits per heavy atom. The maximum atomic E-state index is 12.5. The molecular formula is C22H19NO3. The average Bonchev–Trinajstić information content (AvgIpc) is 2.66. The van der Waals surface area contributed by atoms with Gasteiger partial charge in [0.25, 0.3) is 0 Å². The van der Waals surface area contributed by atoms with Crippen LogP contribution >= 0.6 is 0 Å². The second kappa shape index (κ2) is 8.12. The molecular weight excluding hydrogens is 326 g/mol. The van der Waals surface area contributed by atoms with Crippen LogP contribution in [-0.4, -0.2) is 21.9 Å². The monoisotopic (exact) mass is 345 g/mol. The zero-order valence-electron chi connectivity index (χ0n) is 14.2. The number of aliphatic carboxylic acids is 1. The van der Waals surface area contributed by atoms with E-state index in [1.54, 1.807) is 4.90 Å². The number of amides is 1. The normalized spacial score (nSPS) is 10.9. The summed E-state index contributed by atoms with van der Waals surface area (Å²) < 4.78 is 0. The fourth-order valence-corrected chi connectivity index (χ4v) is 2.82. The van der Waals surface area contributed by atoms with Crippen molar-refractivity contribution in [2.45, 2.75) is 13.1 Å². The summed E-state index contributed by atoms with van der Waals surface area (Å²) in [7, 11) is 0. The van der Waals surface area contributed by atoms with Gasteiger partial charge in [0.2, 0.25) is 5.91 Å². The number of nitrogens with zero attached hydrogens (tertiary/aromatic N) is 1. The number of carbonyl (C=O) groups is 2. The summed E-state index contributed by atoms with van der Waals surface area (Å²) in [5, 5.41) is 11.0. The minimum absolute atomic E-state index is 0.329. The molecule has 130 valence electrons. The maximum Gasteiger partial charge on any atom is 0.328 e. The largest absolute Gasteiger partial charge is 0.478 e. The van der Waals surface area contributed by atoms with Crippen LogP contribution in [0.15, 0.2) is 84.9 Å². The van der Waals surface area contributed by atoms with Crippen molar-refractivity contribution in [3.8, 4) is 0 Å². The molecule has 0 aromatic heterocycles. The van der Waals surface area contributed by atoms with Crippen LogP contribution in [0.3, 0.4) is 0 Å². The summed E-state index contributed by atoms with van der Waals surface area (Å²) in [5.41, 5.74) is 1.99. The number of benzene rings is 3. The van der Waals surface area contributed by atoms with Crippen molar-refractivity contribution in [3.63, 3.8) is 0 Å². The van der Waals surface area contributed by atoms with Crippen LogP contribution in [0.2, 0.25) is 0 Å². The molecule has 0 fully saturated rings. The van der Waals surface area contributed by atoms with E-state index < -0.39 is 5.97 Å². The van der Waals surface area contributed by atoms with Gasteiger partial charge in [0, 0.05) is 25.2 Å². The first kappa shape index (κ1) is 17.4. The highest BCUT2D eigenvalue weighted by molar-refractivity contribution is 5.94. The van der Waals surface area contributed by atoms with Gasteiger partial charge in [-0.25, -0.2) is 4.79 Å². The molecule has 0 aliphatic carbocycles. The molecule has 26 heavy (non-hydrogen) atoms. The van der Waals surface area contributed by atoms with Crippen LogP contribution in [-0.2, 0) is 22.7 Å². The number of fused-ring (bicyclic) bond motifs is 1. The van der Waals surface area contributed by atoms with Gasteiger partial charge in [-0.2, -0.15) is 0 Å². The van der Waals surface area contributed by atoms with Crippen LogP contribution in [0.4, 0.5) is 0 Å². The Morgan fingerprint density at radius 3 is 2.15 bits per heavy atom. The van der Waals surface area contributed by atoms with E-state index in [2.05, 4.69) is 6.07 Å². The number of carboxylic acid groups (broad SMARTS) is 1. The molecule has 1 N–H and O–H groups in total. The Kier molecular flexibility index (Phi) is 5.44. The highest BCUT2D eigenvalue weighted by atomic mass is 16.4. The van der Waals surface area contributed by atoms with Crippen molar-refractivity contribution in [1.82, 2.24) is 4.90 Å². The highest BCUT2D eigenvalue weighted by Gasteiger charge is 2.13. The molecule has 0 aliphatic heterocycles. The Labute approximate surface area is 152 Å². The standard InChI is InChI=1S/C22H19NO3/c24-21(12-13-22(25)26)23(15-17-6-2-1-3-7-17)16-18-10-11-19-8-4-5-9-20(19)14-18/h1-14H,15-16H2,(H,25,26). The molecule has 1 amide bonds. The van der Waals surface area contributed by atoms with Crippen molar-refractivity contribution >= 4 is 22.6 Å². The van der Waals surface area contributed by atoms with Gasteiger partial charge >= 0.3 is 5.97 Å². The van der Waals surface area contributed by atoms with Crippen molar-refractivity contribution in [2.75, 3.05) is 0 Å². The molecule has 0 atom stereocenters. The summed E-state index contributed by atoms with van der Waals surface area (Å²) in [6.45, 7) is 0.818. The van der Waals surface area contributed by atoms with Crippen LogP contribution in [0, 0.1) is 0 Å². The predicted molar refractivity (Wildman–Crippen MR) is 101 cm³/mol. The average molecular weight is 345 g/mol. The number of rotatable bonds is 6. The Bertz CT molecular complexity index is 948. The first-order chi connectivity index (χ1) is 12.6. The van der Waals surface area contributed by atoms with E-state index in [1.807, 2.05) is 66.7 Å². The third kappa shape index (κ3) is 4.57. The molecule has 0 bridgehead atoms. The van der Waals surface area contributed by atoms with Gasteiger partial charge in [0.15, 0.2) is 0 Å². The molecule has 0 aliphatic rings. The fraction of sp³-hybridized carbons (Fsp3) is 0.0909. The Balaban J connectivity index is 1.85. The van der Waals surface area contributed by atoms with E-state index in [0.717, 1.165) is 34.1 Å². The van der Waals surface area contributed by atoms with Crippen LogP contribution in [0.5, 0.6) is 0 Å². The van der Waals surface area contributed by atoms with E-state index in [9.17, 15) is 9.59 Å². The van der Waals surface area contributed by atoms with Crippen molar-refractivity contribution in [1.29, 1.82) is 0 Å². The number of hydrogen-bond acceptors (Lipinski definition) is 2. The SMILES string of the molecule is O=C(O)C=CC(=O)N(Cc1ccccc1)Cc1ccc2ccccc2c1. The fourth-order valence-electron chi connectivity index (χ4n) is 2.82. The minimum atomic E-state index is -1.14. The van der Waals surface area contributed by atoms with Gasteiger partial charge in [-0.15, -0.1) is 0 Å². The van der Waals surface area contributed by atoms with Gasteiger partial charge < -0.3 is 10.0 Å². The number of carbonyl (C=O) groups excluding carboxylic acids is 1. The predicted octanol–water partition coefficient (Wildman–Crippen LogP) is 4.01. The Morgan fingerprint density at radius 2 is 1.42 bits per heavy atom. The molecule has 0 saturated carbocycles. The second-order valence-electron chi connectivity index (χ2n) is 6.03. The molecule has 0 saturated heterocycles. The number of carboxylic acids is 1. The summed E-state index contributed by atoms with van der Waals surface area (Å²) in [6, 6.07) is 23.8. The lowest BCUT2D eigenvalue weighted by atomic mass is 10.1. The smallest absolute Gasteiger partial charge is 0.328 e. The molecule has 0 spiro atoms. The third-order valence-electron chi connectivity index (χ3n) is 4.08. The van der Waals surface area contributed by atoms with Crippen LogP contribution in [0.1, 0.15) is 11.1 Å². The van der Waals surface area contributed by atoms with Crippen molar-refractivity contribution in [2.24, 2.45) is 0 Å². The molecule has 0 heterocycles. The maximum absolute atomic E-state index is 12.5. The van der Waals surface area contributed by atoms with Gasteiger partial charge in [0.05, 0.1) is 0 Å². The summed E-state index contributed by atoms with van der Waals surface area (Å²) in [4.78, 5) is 24.9. The Hall–Kier alpha value is -3.40. The summed E-state index contributed by atoms with van der Waals surface area (Å²) >= 11 is 0. The van der Waals surface area contributed by atoms with E-state index in [-0.39, 0.29) is 5.91 Å². The first-order valence-corrected chi connectivity index (χ1v) is 8.33. The van der Waals surface area contributed by atoms with Gasteiger partial charge in [-0.05, 0) is 28.0 Å². The molecule has 3 aromatic carbocycles. The molecule has 0 radical (unpaired) electrons. The lowest BCUT2D eigenvalue weighted by molar-refractivity contribution is -0.132. The lowest BCUT2D eigenvalue weighted by Crippen LogP contribution is -2.28.